The first-order chi connectivity index (χ1) is 14.9. The fraction of sp³-hybridized carbons (Fsp3) is 0.870. The SMILES string of the molecule is CCCCNC(=O)C1N(CCCCCCO)C(=O)[C@@H]2[C@H](C(=O)OCC)[C@]3(C)CCC12S3. The molecule has 3 saturated heterocycles. The number of amides is 2. The molecule has 3 fully saturated rings. The minimum Gasteiger partial charge on any atom is -0.466 e. The summed E-state index contributed by atoms with van der Waals surface area (Å²) in [7, 11) is 0. The molecule has 5 atom stereocenters. The van der Waals surface area contributed by atoms with Crippen LogP contribution in [-0.2, 0) is 19.1 Å². The number of fused-ring (bicyclic) bond motifs is 1. The van der Waals surface area contributed by atoms with Gasteiger partial charge in [0.05, 0.1) is 23.2 Å². The van der Waals surface area contributed by atoms with E-state index >= 15 is 0 Å². The molecule has 2 amide bonds. The lowest BCUT2D eigenvalue weighted by atomic mass is 9.66. The number of thioether (sulfide) groups is 1. The smallest absolute Gasteiger partial charge is 0.311 e. The molecule has 0 aromatic rings. The van der Waals surface area contributed by atoms with Crippen molar-refractivity contribution in [3.05, 3.63) is 0 Å². The summed E-state index contributed by atoms with van der Waals surface area (Å²) in [6.07, 6.45) is 6.82. The molecule has 0 radical (unpaired) electrons. The average Bonchev–Trinajstić information content (AvgIpc) is 3.29. The van der Waals surface area contributed by atoms with Gasteiger partial charge in [-0.25, -0.2) is 0 Å². The molecule has 0 aliphatic carbocycles. The fourth-order valence-corrected chi connectivity index (χ4v) is 8.13. The van der Waals surface area contributed by atoms with Crippen molar-refractivity contribution in [2.75, 3.05) is 26.3 Å². The van der Waals surface area contributed by atoms with Crippen LogP contribution in [-0.4, -0.2) is 69.6 Å². The Morgan fingerprint density at radius 2 is 1.94 bits per heavy atom. The molecule has 2 N–H and O–H groups in total. The molecule has 3 aliphatic heterocycles. The number of aliphatic hydroxyl groups excluding tert-OH is 1. The average molecular weight is 455 g/mol. The fourth-order valence-electron chi connectivity index (χ4n) is 5.79. The molecule has 2 bridgehead atoms. The number of hydrogen-bond acceptors (Lipinski definition) is 6. The van der Waals surface area contributed by atoms with Crippen LogP contribution in [0.15, 0.2) is 0 Å². The van der Waals surface area contributed by atoms with Crippen molar-refractivity contribution >= 4 is 29.5 Å². The van der Waals surface area contributed by atoms with Crippen molar-refractivity contribution in [1.82, 2.24) is 10.2 Å². The van der Waals surface area contributed by atoms with Crippen LogP contribution in [0.2, 0.25) is 0 Å². The highest BCUT2D eigenvalue weighted by Crippen LogP contribution is 2.71. The zero-order valence-electron chi connectivity index (χ0n) is 19.2. The summed E-state index contributed by atoms with van der Waals surface area (Å²) < 4.78 is 4.48. The van der Waals surface area contributed by atoms with E-state index in [1.54, 1.807) is 23.6 Å². The van der Waals surface area contributed by atoms with Crippen molar-refractivity contribution in [2.24, 2.45) is 11.8 Å². The van der Waals surface area contributed by atoms with Crippen molar-refractivity contribution in [2.45, 2.75) is 87.7 Å². The van der Waals surface area contributed by atoms with Gasteiger partial charge in [0.2, 0.25) is 11.8 Å². The summed E-state index contributed by atoms with van der Waals surface area (Å²) in [6.45, 7) is 7.51. The van der Waals surface area contributed by atoms with Gasteiger partial charge in [0.15, 0.2) is 0 Å². The third-order valence-electron chi connectivity index (χ3n) is 7.20. The minimum absolute atomic E-state index is 0.0632. The van der Waals surface area contributed by atoms with Crippen LogP contribution >= 0.6 is 11.8 Å². The third-order valence-corrected chi connectivity index (χ3v) is 9.19. The van der Waals surface area contributed by atoms with Crippen LogP contribution in [0.5, 0.6) is 0 Å². The lowest BCUT2D eigenvalue weighted by Crippen LogP contribution is -2.53. The third kappa shape index (κ3) is 4.34. The summed E-state index contributed by atoms with van der Waals surface area (Å²) in [5.41, 5.74) is 0. The van der Waals surface area contributed by atoms with E-state index in [-0.39, 0.29) is 29.1 Å². The Morgan fingerprint density at radius 3 is 2.61 bits per heavy atom. The van der Waals surface area contributed by atoms with Crippen molar-refractivity contribution in [3.8, 4) is 0 Å². The molecule has 2 unspecified atom stereocenters. The zero-order valence-corrected chi connectivity index (χ0v) is 20.0. The van der Waals surface area contributed by atoms with Crippen LogP contribution < -0.4 is 5.32 Å². The van der Waals surface area contributed by atoms with Gasteiger partial charge in [-0.05, 0) is 46.0 Å². The van der Waals surface area contributed by atoms with Crippen LogP contribution in [0.4, 0.5) is 0 Å². The molecule has 7 nitrogen and oxygen atoms in total. The number of carbonyl (C=O) groups is 3. The maximum atomic E-state index is 13.7. The molecule has 3 heterocycles. The van der Waals surface area contributed by atoms with E-state index < -0.39 is 22.6 Å². The highest BCUT2D eigenvalue weighted by atomic mass is 32.2. The number of aliphatic hydroxyl groups is 1. The van der Waals surface area contributed by atoms with Gasteiger partial charge in [0, 0.05) is 24.4 Å². The Labute approximate surface area is 190 Å². The van der Waals surface area contributed by atoms with E-state index in [1.807, 2.05) is 0 Å². The van der Waals surface area contributed by atoms with Crippen molar-refractivity contribution in [3.63, 3.8) is 0 Å². The number of likely N-dealkylation sites (tertiary alicyclic amines) is 1. The predicted octanol–water partition coefficient (Wildman–Crippen LogP) is 2.50. The van der Waals surface area contributed by atoms with Crippen LogP contribution in [0, 0.1) is 11.8 Å². The Kier molecular flexibility index (Phi) is 7.95. The summed E-state index contributed by atoms with van der Waals surface area (Å²) in [6, 6.07) is -0.536. The second kappa shape index (κ2) is 10.1. The summed E-state index contributed by atoms with van der Waals surface area (Å²) in [4.78, 5) is 41.7. The molecule has 176 valence electrons. The summed E-state index contributed by atoms with van der Waals surface area (Å²) in [5, 5.41) is 12.1. The number of esters is 1. The van der Waals surface area contributed by atoms with Gasteiger partial charge >= 0.3 is 5.97 Å². The molecule has 1 spiro atoms. The number of ether oxygens (including phenoxy) is 1. The van der Waals surface area contributed by atoms with Crippen molar-refractivity contribution in [1.29, 1.82) is 0 Å². The highest BCUT2D eigenvalue weighted by Gasteiger charge is 2.77. The number of nitrogens with one attached hydrogen (secondary N) is 1. The van der Waals surface area contributed by atoms with Gasteiger partial charge in [-0.15, -0.1) is 11.8 Å². The van der Waals surface area contributed by atoms with Crippen LogP contribution in [0.1, 0.15) is 72.1 Å². The van der Waals surface area contributed by atoms with Gasteiger partial charge in [-0.3, -0.25) is 14.4 Å². The highest BCUT2D eigenvalue weighted by molar-refractivity contribution is 8.02. The molecular formula is C23H38N2O5S. The maximum absolute atomic E-state index is 13.7. The van der Waals surface area contributed by atoms with Gasteiger partial charge < -0.3 is 20.1 Å². The summed E-state index contributed by atoms with van der Waals surface area (Å²) in [5.74, 6) is -1.43. The predicted molar refractivity (Wildman–Crippen MR) is 121 cm³/mol. The number of unbranched alkanes of at least 4 members (excludes halogenated alkanes) is 4. The maximum Gasteiger partial charge on any atom is 0.311 e. The quantitative estimate of drug-likeness (QED) is 0.347. The molecule has 0 aromatic heterocycles. The van der Waals surface area contributed by atoms with E-state index in [0.29, 0.717) is 19.7 Å². The number of hydrogen-bond donors (Lipinski definition) is 2. The van der Waals surface area contributed by atoms with Crippen LogP contribution in [0.3, 0.4) is 0 Å². The molecule has 3 rings (SSSR count). The zero-order chi connectivity index (χ0) is 22.6. The topological polar surface area (TPSA) is 95.9 Å². The number of rotatable bonds is 12. The second-order valence-corrected chi connectivity index (χ2v) is 11.2. The Bertz CT molecular complexity index is 689. The molecule has 31 heavy (non-hydrogen) atoms. The Balaban J connectivity index is 1.86. The molecule has 0 aromatic carbocycles. The van der Waals surface area contributed by atoms with Gasteiger partial charge in [0.25, 0.3) is 0 Å². The lowest BCUT2D eigenvalue weighted by Gasteiger charge is -2.34. The van der Waals surface area contributed by atoms with E-state index in [0.717, 1.165) is 51.4 Å². The first-order valence-electron chi connectivity index (χ1n) is 11.9. The number of carbonyl (C=O) groups excluding carboxylic acids is 3. The van der Waals surface area contributed by atoms with E-state index in [9.17, 15) is 14.4 Å². The monoisotopic (exact) mass is 454 g/mol. The minimum atomic E-state index is -0.551. The van der Waals surface area contributed by atoms with E-state index in [1.165, 1.54) is 0 Å². The standard InChI is InChI=1S/C23H38N2O5S/c1-4-6-13-24-19(27)18-23-12-11-22(3,31-23)17(21(29)30-5-2)16(23)20(28)25(18)14-9-7-8-10-15-26/h16-18,26H,4-15H2,1-3H3,(H,24,27)/t16-,17+,18?,22-,23?/m0/s1. The van der Waals surface area contributed by atoms with E-state index in [4.69, 9.17) is 9.84 Å². The molecule has 3 aliphatic rings. The number of nitrogens with zero attached hydrogens (tertiary/aromatic N) is 1. The first kappa shape index (κ1) is 24.4. The summed E-state index contributed by atoms with van der Waals surface area (Å²) >= 11 is 1.69. The molecule has 0 saturated carbocycles. The lowest BCUT2D eigenvalue weighted by molar-refractivity contribution is -0.155. The van der Waals surface area contributed by atoms with Gasteiger partial charge in [-0.1, -0.05) is 26.2 Å². The Morgan fingerprint density at radius 1 is 1.19 bits per heavy atom. The largest absolute Gasteiger partial charge is 0.466 e. The van der Waals surface area contributed by atoms with Crippen molar-refractivity contribution < 1.29 is 24.2 Å². The van der Waals surface area contributed by atoms with Gasteiger partial charge in [-0.2, -0.15) is 0 Å². The van der Waals surface area contributed by atoms with Crippen LogP contribution in [0.25, 0.3) is 0 Å². The normalized spacial score (nSPS) is 33.6. The van der Waals surface area contributed by atoms with E-state index in [2.05, 4.69) is 19.2 Å². The Hall–Kier alpha value is -1.28. The molecule has 8 heteroatoms. The molecular weight excluding hydrogens is 416 g/mol. The first-order valence-corrected chi connectivity index (χ1v) is 12.7. The van der Waals surface area contributed by atoms with Gasteiger partial charge in [0.1, 0.15) is 6.04 Å². The second-order valence-electron chi connectivity index (χ2n) is 9.29.